The highest BCUT2D eigenvalue weighted by Gasteiger charge is 1.97. The van der Waals surface area contributed by atoms with Gasteiger partial charge in [-0.2, -0.15) is 0 Å². The van der Waals surface area contributed by atoms with Gasteiger partial charge in [-0.15, -0.1) is 0 Å². The molecule has 66 valence electrons. The maximum atomic E-state index is 9.99. The molecule has 1 amide bonds. The molecule has 0 aliphatic heterocycles. The number of hydrogen-bond acceptors (Lipinski definition) is 1. The van der Waals surface area contributed by atoms with Crippen LogP contribution in [0.1, 0.15) is 46.0 Å². The molecule has 0 saturated heterocycles. The van der Waals surface area contributed by atoms with Crippen LogP contribution in [0.2, 0.25) is 0 Å². The Morgan fingerprint density at radius 2 is 2.09 bits per heavy atom. The van der Waals surface area contributed by atoms with Gasteiger partial charge in [0.1, 0.15) is 0 Å². The summed E-state index contributed by atoms with van der Waals surface area (Å²) in [6, 6.07) is 0.351. The SMILES string of the molecule is CCCCCC[C@H](C)NC=O. The number of nitrogens with one attached hydrogen (secondary N) is 1. The third-order valence-electron chi connectivity index (χ3n) is 1.84. The first kappa shape index (κ1) is 10.5. The van der Waals surface area contributed by atoms with Gasteiger partial charge >= 0.3 is 0 Å². The zero-order chi connectivity index (χ0) is 8.53. The van der Waals surface area contributed by atoms with Crippen LogP contribution in [0.4, 0.5) is 0 Å². The van der Waals surface area contributed by atoms with Crippen molar-refractivity contribution >= 4 is 6.41 Å². The zero-order valence-electron chi connectivity index (χ0n) is 7.60. The Morgan fingerprint density at radius 3 is 2.64 bits per heavy atom. The summed E-state index contributed by atoms with van der Waals surface area (Å²) in [7, 11) is 0. The lowest BCUT2D eigenvalue weighted by molar-refractivity contribution is -0.110. The topological polar surface area (TPSA) is 29.1 Å². The lowest BCUT2D eigenvalue weighted by Crippen LogP contribution is -2.23. The molecule has 0 aromatic carbocycles. The van der Waals surface area contributed by atoms with Crippen molar-refractivity contribution in [1.29, 1.82) is 0 Å². The smallest absolute Gasteiger partial charge is 0.207 e. The Kier molecular flexibility index (Phi) is 7.21. The molecule has 0 bridgehead atoms. The van der Waals surface area contributed by atoms with E-state index in [2.05, 4.69) is 12.2 Å². The minimum absolute atomic E-state index is 0.351. The second-order valence-electron chi connectivity index (χ2n) is 3.03. The van der Waals surface area contributed by atoms with E-state index < -0.39 is 0 Å². The summed E-state index contributed by atoms with van der Waals surface area (Å²) >= 11 is 0. The summed E-state index contributed by atoms with van der Waals surface area (Å²) in [5.41, 5.74) is 0. The molecule has 2 heteroatoms. The molecule has 0 fully saturated rings. The van der Waals surface area contributed by atoms with Gasteiger partial charge in [0.15, 0.2) is 0 Å². The zero-order valence-corrected chi connectivity index (χ0v) is 7.60. The average molecular weight is 157 g/mol. The van der Waals surface area contributed by atoms with E-state index in [1.165, 1.54) is 25.7 Å². The van der Waals surface area contributed by atoms with Crippen LogP contribution in [0, 0.1) is 0 Å². The predicted octanol–water partition coefficient (Wildman–Crippen LogP) is 2.09. The second kappa shape index (κ2) is 7.58. The fourth-order valence-electron chi connectivity index (χ4n) is 1.08. The molecule has 2 nitrogen and oxygen atoms in total. The van der Waals surface area contributed by atoms with Gasteiger partial charge in [-0.3, -0.25) is 4.79 Å². The first-order valence-electron chi connectivity index (χ1n) is 4.51. The van der Waals surface area contributed by atoms with E-state index in [1.54, 1.807) is 0 Å². The number of carbonyl (C=O) groups is 1. The third-order valence-corrected chi connectivity index (χ3v) is 1.84. The van der Waals surface area contributed by atoms with Crippen molar-refractivity contribution in [1.82, 2.24) is 5.32 Å². The molecule has 0 heterocycles. The van der Waals surface area contributed by atoms with Gasteiger partial charge < -0.3 is 5.32 Å². The van der Waals surface area contributed by atoms with Crippen LogP contribution >= 0.6 is 0 Å². The number of unbranched alkanes of at least 4 members (excludes halogenated alkanes) is 3. The number of carbonyl (C=O) groups excluding carboxylic acids is 1. The van der Waals surface area contributed by atoms with Gasteiger partial charge in [0.25, 0.3) is 0 Å². The normalized spacial score (nSPS) is 12.5. The van der Waals surface area contributed by atoms with Crippen molar-refractivity contribution < 1.29 is 4.79 Å². The fourth-order valence-corrected chi connectivity index (χ4v) is 1.08. The summed E-state index contributed by atoms with van der Waals surface area (Å²) in [5.74, 6) is 0. The van der Waals surface area contributed by atoms with Crippen LogP contribution in [0.3, 0.4) is 0 Å². The van der Waals surface area contributed by atoms with Gasteiger partial charge in [-0.1, -0.05) is 32.6 Å². The molecule has 0 aromatic rings. The molecule has 0 saturated carbocycles. The molecule has 0 aliphatic rings. The number of hydrogen-bond donors (Lipinski definition) is 1. The highest BCUT2D eigenvalue weighted by Crippen LogP contribution is 2.04. The quantitative estimate of drug-likeness (QED) is 0.445. The molecule has 0 rings (SSSR count). The van der Waals surface area contributed by atoms with Crippen LogP contribution in [0.15, 0.2) is 0 Å². The highest BCUT2D eigenvalue weighted by atomic mass is 16.1. The van der Waals surface area contributed by atoms with E-state index in [1.807, 2.05) is 6.92 Å². The van der Waals surface area contributed by atoms with Gasteiger partial charge in [0.05, 0.1) is 0 Å². The maximum Gasteiger partial charge on any atom is 0.207 e. The first-order valence-corrected chi connectivity index (χ1v) is 4.51. The van der Waals surface area contributed by atoms with Gasteiger partial charge in [-0.05, 0) is 13.3 Å². The molecule has 0 aliphatic carbocycles. The molecule has 0 aromatic heterocycles. The lowest BCUT2D eigenvalue weighted by atomic mass is 10.1. The van der Waals surface area contributed by atoms with E-state index in [9.17, 15) is 4.79 Å². The van der Waals surface area contributed by atoms with Crippen LogP contribution in [-0.4, -0.2) is 12.5 Å². The standard InChI is InChI=1S/C9H19NO/c1-3-4-5-6-7-9(2)10-8-11/h8-9H,3-7H2,1-2H3,(H,10,11)/t9-/m0/s1. The van der Waals surface area contributed by atoms with E-state index in [-0.39, 0.29) is 0 Å². The highest BCUT2D eigenvalue weighted by molar-refractivity contribution is 5.46. The maximum absolute atomic E-state index is 9.99. The van der Waals surface area contributed by atoms with Crippen molar-refractivity contribution in [3.63, 3.8) is 0 Å². The molecule has 0 radical (unpaired) electrons. The van der Waals surface area contributed by atoms with Crippen molar-refractivity contribution in [3.05, 3.63) is 0 Å². The minimum atomic E-state index is 0.351. The Labute approximate surface area is 69.4 Å². The largest absolute Gasteiger partial charge is 0.356 e. The van der Waals surface area contributed by atoms with Crippen LogP contribution in [0.25, 0.3) is 0 Å². The molecule has 0 spiro atoms. The fraction of sp³-hybridized carbons (Fsp3) is 0.889. The van der Waals surface area contributed by atoms with Crippen molar-refractivity contribution in [3.8, 4) is 0 Å². The van der Waals surface area contributed by atoms with Crippen LogP contribution in [-0.2, 0) is 4.79 Å². The van der Waals surface area contributed by atoms with Gasteiger partial charge in [0.2, 0.25) is 6.41 Å². The summed E-state index contributed by atoms with van der Waals surface area (Å²) in [4.78, 5) is 9.99. The van der Waals surface area contributed by atoms with Crippen LogP contribution < -0.4 is 5.32 Å². The summed E-state index contributed by atoms with van der Waals surface area (Å²) in [6.45, 7) is 4.24. The predicted molar refractivity (Wildman–Crippen MR) is 47.4 cm³/mol. The molecule has 1 atom stereocenters. The lowest BCUT2D eigenvalue weighted by Gasteiger charge is -2.08. The first-order chi connectivity index (χ1) is 5.31. The van der Waals surface area contributed by atoms with Crippen molar-refractivity contribution in [2.24, 2.45) is 0 Å². The van der Waals surface area contributed by atoms with E-state index >= 15 is 0 Å². The van der Waals surface area contributed by atoms with E-state index in [0.717, 1.165) is 12.8 Å². The minimum Gasteiger partial charge on any atom is -0.356 e. The molecule has 0 unspecified atom stereocenters. The van der Waals surface area contributed by atoms with Gasteiger partial charge in [0, 0.05) is 6.04 Å². The Bertz CT molecular complexity index is 93.6. The van der Waals surface area contributed by atoms with Crippen molar-refractivity contribution in [2.75, 3.05) is 0 Å². The van der Waals surface area contributed by atoms with Crippen molar-refractivity contribution in [2.45, 2.75) is 52.0 Å². The van der Waals surface area contributed by atoms with E-state index in [0.29, 0.717) is 6.04 Å². The average Bonchev–Trinajstić information content (AvgIpc) is 1.99. The van der Waals surface area contributed by atoms with Crippen LogP contribution in [0.5, 0.6) is 0 Å². The molecule has 1 N–H and O–H groups in total. The number of rotatable bonds is 7. The third kappa shape index (κ3) is 7.37. The Morgan fingerprint density at radius 1 is 1.36 bits per heavy atom. The Balaban J connectivity index is 3.03. The summed E-state index contributed by atoms with van der Waals surface area (Å²) < 4.78 is 0. The molecular formula is C9H19NO. The summed E-state index contributed by atoms with van der Waals surface area (Å²) in [5, 5.41) is 2.74. The summed E-state index contributed by atoms with van der Waals surface area (Å²) in [6.07, 6.45) is 7.00. The molecule has 11 heavy (non-hydrogen) atoms. The number of amides is 1. The molecular weight excluding hydrogens is 138 g/mol. The monoisotopic (exact) mass is 157 g/mol. The van der Waals surface area contributed by atoms with Gasteiger partial charge in [-0.25, -0.2) is 0 Å². The second-order valence-corrected chi connectivity index (χ2v) is 3.03. The Hall–Kier alpha value is -0.530. The van der Waals surface area contributed by atoms with E-state index in [4.69, 9.17) is 0 Å².